The molecule has 0 aliphatic carbocycles. The number of rotatable bonds is 8. The number of hydrogen-bond donors (Lipinski definition) is 2. The molecule has 33 heavy (non-hydrogen) atoms. The number of aliphatic hydroxyl groups excluding tert-OH is 1. The first-order chi connectivity index (χ1) is 16.0. The SMILES string of the molecule is COc1cc(OC)c(Cl)c(-c2cc3cnc(NC4CCCOC4)cc3c([N-]CCO)n2)c1Cl. The third kappa shape index (κ3) is 5.04. The molecular weight excluding hydrogens is 467 g/mol. The first-order valence-electron chi connectivity index (χ1n) is 10.6. The largest absolute Gasteiger partial charge is 0.495 e. The van der Waals surface area contributed by atoms with Crippen LogP contribution in [0.15, 0.2) is 24.4 Å². The van der Waals surface area contributed by atoms with Crippen LogP contribution in [0.4, 0.5) is 11.6 Å². The molecule has 0 bridgehead atoms. The standard InChI is InChI=1S/C23H25Cl2N4O4/c1-31-17-10-18(32-2)22(25)20(21(17)24)16-8-13-11-27-19(28-14-4-3-7-33-12-14)9-15(13)23(29-16)26-5-6-30/h8-11,14,30H,3-7,12H2,1-2H3,(H-,26,27,28,29)/q-1. The van der Waals surface area contributed by atoms with Gasteiger partial charge in [-0.25, -0.2) is 4.98 Å². The van der Waals surface area contributed by atoms with Crippen molar-refractivity contribution in [1.29, 1.82) is 0 Å². The third-order valence-corrected chi connectivity index (χ3v) is 6.15. The Morgan fingerprint density at radius 2 is 1.94 bits per heavy atom. The zero-order valence-electron chi connectivity index (χ0n) is 18.4. The molecule has 1 aromatic carbocycles. The van der Waals surface area contributed by atoms with Crippen LogP contribution in [0, 0.1) is 0 Å². The van der Waals surface area contributed by atoms with Crippen LogP contribution >= 0.6 is 23.2 Å². The van der Waals surface area contributed by atoms with E-state index < -0.39 is 0 Å². The molecule has 0 radical (unpaired) electrons. The number of ether oxygens (including phenoxy) is 3. The predicted molar refractivity (Wildman–Crippen MR) is 131 cm³/mol. The van der Waals surface area contributed by atoms with Gasteiger partial charge in [-0.1, -0.05) is 29.0 Å². The number of hydrogen-bond acceptors (Lipinski definition) is 7. The summed E-state index contributed by atoms with van der Waals surface area (Å²) in [4.78, 5) is 9.30. The molecule has 8 nitrogen and oxygen atoms in total. The van der Waals surface area contributed by atoms with Gasteiger partial charge < -0.3 is 34.9 Å². The van der Waals surface area contributed by atoms with E-state index in [1.54, 1.807) is 12.3 Å². The van der Waals surface area contributed by atoms with E-state index in [0.717, 1.165) is 30.2 Å². The molecule has 0 saturated carbocycles. The zero-order valence-corrected chi connectivity index (χ0v) is 19.9. The summed E-state index contributed by atoms with van der Waals surface area (Å²) in [6.45, 7) is 1.54. The molecule has 1 unspecified atom stereocenters. The molecule has 1 atom stereocenters. The summed E-state index contributed by atoms with van der Waals surface area (Å²) in [7, 11) is 3.04. The molecule has 1 aliphatic heterocycles. The molecule has 2 N–H and O–H groups in total. The van der Waals surface area contributed by atoms with E-state index in [-0.39, 0.29) is 19.2 Å². The van der Waals surface area contributed by atoms with Gasteiger partial charge in [0.2, 0.25) is 0 Å². The number of nitrogens with zero attached hydrogens (tertiary/aromatic N) is 3. The summed E-state index contributed by atoms with van der Waals surface area (Å²) >= 11 is 13.2. The smallest absolute Gasteiger partial charge is 0.141 e. The number of pyridine rings is 2. The number of benzene rings is 1. The van der Waals surface area contributed by atoms with Gasteiger partial charge in [-0.15, -0.1) is 0 Å². The monoisotopic (exact) mass is 491 g/mol. The highest BCUT2D eigenvalue weighted by molar-refractivity contribution is 6.41. The van der Waals surface area contributed by atoms with E-state index in [4.69, 9.17) is 42.4 Å². The Balaban J connectivity index is 1.82. The third-order valence-electron chi connectivity index (χ3n) is 5.40. The Labute approximate surface area is 202 Å². The Bertz CT molecular complexity index is 1110. The summed E-state index contributed by atoms with van der Waals surface area (Å²) in [5, 5.41) is 19.5. The van der Waals surface area contributed by atoms with Crippen LogP contribution in [0.5, 0.6) is 11.5 Å². The van der Waals surface area contributed by atoms with Crippen LogP contribution in [-0.2, 0) is 4.74 Å². The lowest BCUT2D eigenvalue weighted by molar-refractivity contribution is 0.0875. The molecule has 1 fully saturated rings. The highest BCUT2D eigenvalue weighted by atomic mass is 35.5. The normalized spacial score (nSPS) is 16.0. The second-order valence-corrected chi connectivity index (χ2v) is 8.33. The Hall–Kier alpha value is -2.52. The maximum atomic E-state index is 9.35. The van der Waals surface area contributed by atoms with E-state index >= 15 is 0 Å². The van der Waals surface area contributed by atoms with Gasteiger partial charge >= 0.3 is 0 Å². The molecule has 0 spiro atoms. The number of aliphatic hydroxyl groups is 1. The summed E-state index contributed by atoms with van der Waals surface area (Å²) < 4.78 is 16.3. The van der Waals surface area contributed by atoms with Crippen molar-refractivity contribution in [2.45, 2.75) is 18.9 Å². The van der Waals surface area contributed by atoms with Gasteiger partial charge in [0, 0.05) is 36.4 Å². The Morgan fingerprint density at radius 1 is 1.18 bits per heavy atom. The molecule has 2 aromatic heterocycles. The average molecular weight is 492 g/mol. The van der Waals surface area contributed by atoms with Crippen molar-refractivity contribution < 1.29 is 19.3 Å². The fourth-order valence-electron chi connectivity index (χ4n) is 3.79. The number of anilines is 1. The van der Waals surface area contributed by atoms with Gasteiger partial charge in [0.1, 0.15) is 17.3 Å². The van der Waals surface area contributed by atoms with Crippen LogP contribution in [0.3, 0.4) is 0 Å². The summed E-state index contributed by atoms with van der Waals surface area (Å²) in [5.41, 5.74) is 0.966. The van der Waals surface area contributed by atoms with E-state index in [1.807, 2.05) is 12.1 Å². The number of fused-ring (bicyclic) bond motifs is 1. The zero-order chi connectivity index (χ0) is 23.4. The number of halogens is 2. The topological polar surface area (TPSA) is 99.8 Å². The van der Waals surface area contributed by atoms with Crippen molar-refractivity contribution in [3.05, 3.63) is 39.8 Å². The van der Waals surface area contributed by atoms with Gasteiger partial charge in [-0.2, -0.15) is 0 Å². The van der Waals surface area contributed by atoms with Crippen LogP contribution in [-0.4, -0.2) is 61.7 Å². The molecule has 4 rings (SSSR count). The molecule has 0 amide bonds. The van der Waals surface area contributed by atoms with Gasteiger partial charge in [0.15, 0.2) is 0 Å². The first-order valence-corrected chi connectivity index (χ1v) is 11.3. The van der Waals surface area contributed by atoms with E-state index in [1.165, 1.54) is 14.2 Å². The maximum absolute atomic E-state index is 9.35. The van der Waals surface area contributed by atoms with Gasteiger partial charge in [-0.3, -0.25) is 0 Å². The molecule has 3 heterocycles. The highest BCUT2D eigenvalue weighted by Gasteiger charge is 2.19. The summed E-state index contributed by atoms with van der Waals surface area (Å²) in [5.74, 6) is 2.00. The van der Waals surface area contributed by atoms with E-state index in [0.29, 0.717) is 51.0 Å². The quantitative estimate of drug-likeness (QED) is 0.445. The number of nitrogens with one attached hydrogen (secondary N) is 1. The van der Waals surface area contributed by atoms with Gasteiger partial charge in [0.25, 0.3) is 0 Å². The van der Waals surface area contributed by atoms with Crippen molar-refractivity contribution in [2.75, 3.05) is 45.9 Å². The minimum atomic E-state index is -0.0997. The van der Waals surface area contributed by atoms with Crippen molar-refractivity contribution in [1.82, 2.24) is 9.97 Å². The van der Waals surface area contributed by atoms with Crippen LogP contribution in [0.2, 0.25) is 10.0 Å². The van der Waals surface area contributed by atoms with Crippen molar-refractivity contribution in [2.24, 2.45) is 0 Å². The first kappa shape index (κ1) is 23.6. The fourth-order valence-corrected chi connectivity index (χ4v) is 4.48. The van der Waals surface area contributed by atoms with Crippen molar-refractivity contribution >= 4 is 45.6 Å². The number of aromatic nitrogens is 2. The van der Waals surface area contributed by atoms with Crippen LogP contribution < -0.4 is 14.8 Å². The lowest BCUT2D eigenvalue weighted by Crippen LogP contribution is -2.30. The summed E-state index contributed by atoms with van der Waals surface area (Å²) in [6, 6.07) is 5.59. The van der Waals surface area contributed by atoms with Crippen molar-refractivity contribution in [3.63, 3.8) is 0 Å². The number of methoxy groups -OCH3 is 2. The Morgan fingerprint density at radius 3 is 2.58 bits per heavy atom. The minimum Gasteiger partial charge on any atom is -0.495 e. The minimum absolute atomic E-state index is 0.0997. The van der Waals surface area contributed by atoms with Gasteiger partial charge in [-0.05, 0) is 42.6 Å². The average Bonchev–Trinajstić information content (AvgIpc) is 2.83. The molecular formula is C23H25Cl2N4O4-. The Kier molecular flexibility index (Phi) is 7.60. The fraction of sp³-hybridized carbons (Fsp3) is 0.391. The lowest BCUT2D eigenvalue weighted by atomic mass is 10.1. The lowest BCUT2D eigenvalue weighted by Gasteiger charge is -2.25. The second-order valence-electron chi connectivity index (χ2n) is 7.57. The van der Waals surface area contributed by atoms with E-state index in [2.05, 4.69) is 15.6 Å². The molecule has 3 aromatic rings. The highest BCUT2D eigenvalue weighted by Crippen LogP contribution is 2.46. The summed E-state index contributed by atoms with van der Waals surface area (Å²) in [6.07, 6.45) is 3.79. The van der Waals surface area contributed by atoms with Gasteiger partial charge in [0.05, 0.1) is 36.9 Å². The molecule has 1 aliphatic rings. The van der Waals surface area contributed by atoms with Crippen molar-refractivity contribution in [3.8, 4) is 22.8 Å². The van der Waals surface area contributed by atoms with E-state index in [9.17, 15) is 5.11 Å². The van der Waals surface area contributed by atoms with Crippen LogP contribution in [0.1, 0.15) is 12.8 Å². The maximum Gasteiger partial charge on any atom is 0.141 e. The molecule has 1 saturated heterocycles. The second kappa shape index (κ2) is 10.6. The predicted octanol–water partition coefficient (Wildman–Crippen LogP) is 5.21. The molecule has 10 heteroatoms. The molecule has 176 valence electrons. The van der Waals surface area contributed by atoms with Crippen LogP contribution in [0.25, 0.3) is 27.3 Å².